The third-order valence-corrected chi connectivity index (χ3v) is 5.07. The topological polar surface area (TPSA) is 52.7 Å². The van der Waals surface area contributed by atoms with Gasteiger partial charge >= 0.3 is 0 Å². The van der Waals surface area contributed by atoms with Crippen LogP contribution in [0.1, 0.15) is 23.2 Å². The summed E-state index contributed by atoms with van der Waals surface area (Å²) in [5.74, 6) is 0.114. The predicted molar refractivity (Wildman–Crippen MR) is 101 cm³/mol. The lowest BCUT2D eigenvalue weighted by atomic mass is 10.2. The van der Waals surface area contributed by atoms with Crippen LogP contribution in [0.2, 0.25) is 0 Å². The first-order chi connectivity index (χ1) is 12.2. The molecule has 1 fully saturated rings. The number of para-hydroxylation sites is 1. The Morgan fingerprint density at radius 1 is 1.04 bits per heavy atom. The minimum atomic E-state index is -0.0647. The predicted octanol–water partition coefficient (Wildman–Crippen LogP) is 2.61. The molecule has 0 saturated carbocycles. The van der Waals surface area contributed by atoms with Gasteiger partial charge in [0.1, 0.15) is 0 Å². The molecule has 1 aromatic carbocycles. The molecule has 25 heavy (non-hydrogen) atoms. The summed E-state index contributed by atoms with van der Waals surface area (Å²) in [4.78, 5) is 28.4. The minimum absolute atomic E-state index is 0.0647. The van der Waals surface area contributed by atoms with Gasteiger partial charge in [-0.25, -0.2) is 0 Å². The number of amides is 2. The molecule has 1 aliphatic heterocycles. The van der Waals surface area contributed by atoms with Crippen molar-refractivity contribution in [3.8, 4) is 0 Å². The van der Waals surface area contributed by atoms with Gasteiger partial charge in [-0.15, -0.1) is 0 Å². The summed E-state index contributed by atoms with van der Waals surface area (Å²) in [6.45, 7) is 3.78. The van der Waals surface area contributed by atoms with Crippen LogP contribution in [0.5, 0.6) is 0 Å². The molecule has 1 aromatic heterocycles. The molecule has 5 nitrogen and oxygen atoms in total. The standard InChI is InChI=1S/C19H23N3O2S/c23-18(7-4-9-20-19(24)16-8-14-25-15-16)22-12-10-21(11-13-22)17-5-2-1-3-6-17/h1-3,5-6,8,14-15H,4,7,9-13H2,(H,20,24). The van der Waals surface area contributed by atoms with Gasteiger partial charge in [-0.2, -0.15) is 11.3 Å². The van der Waals surface area contributed by atoms with Gasteiger partial charge in [0, 0.05) is 55.8 Å². The van der Waals surface area contributed by atoms with E-state index in [0.717, 1.165) is 26.2 Å². The summed E-state index contributed by atoms with van der Waals surface area (Å²) in [6, 6.07) is 12.1. The molecule has 1 saturated heterocycles. The van der Waals surface area contributed by atoms with Gasteiger partial charge < -0.3 is 15.1 Å². The van der Waals surface area contributed by atoms with Crippen molar-refractivity contribution < 1.29 is 9.59 Å². The first-order valence-electron chi connectivity index (χ1n) is 8.62. The van der Waals surface area contributed by atoms with Crippen molar-refractivity contribution in [2.45, 2.75) is 12.8 Å². The van der Waals surface area contributed by atoms with Crippen LogP contribution in [0.25, 0.3) is 0 Å². The Morgan fingerprint density at radius 3 is 2.48 bits per heavy atom. The second kappa shape index (κ2) is 8.67. The number of benzene rings is 1. The highest BCUT2D eigenvalue weighted by Gasteiger charge is 2.20. The molecule has 132 valence electrons. The molecule has 0 spiro atoms. The van der Waals surface area contributed by atoms with E-state index in [1.807, 2.05) is 33.9 Å². The molecular formula is C19H23N3O2S. The summed E-state index contributed by atoms with van der Waals surface area (Å²) < 4.78 is 0. The van der Waals surface area contributed by atoms with E-state index in [2.05, 4.69) is 22.3 Å². The summed E-state index contributed by atoms with van der Waals surface area (Å²) in [5, 5.41) is 6.57. The molecule has 3 rings (SSSR count). The van der Waals surface area contributed by atoms with Gasteiger partial charge in [0.2, 0.25) is 5.91 Å². The SMILES string of the molecule is O=C(NCCCC(=O)N1CCN(c2ccccc2)CC1)c1ccsc1. The molecule has 2 heterocycles. The molecule has 6 heteroatoms. The van der Waals surface area contributed by atoms with E-state index in [1.54, 1.807) is 6.07 Å². The van der Waals surface area contributed by atoms with Crippen molar-refractivity contribution in [2.75, 3.05) is 37.6 Å². The second-order valence-electron chi connectivity index (χ2n) is 6.07. The maximum atomic E-state index is 12.3. The van der Waals surface area contributed by atoms with Gasteiger partial charge in [0.25, 0.3) is 5.91 Å². The lowest BCUT2D eigenvalue weighted by molar-refractivity contribution is -0.131. The number of hydrogen-bond donors (Lipinski definition) is 1. The van der Waals surface area contributed by atoms with Crippen LogP contribution >= 0.6 is 11.3 Å². The Balaban J connectivity index is 1.35. The van der Waals surface area contributed by atoms with Gasteiger partial charge in [-0.1, -0.05) is 18.2 Å². The number of nitrogens with zero attached hydrogens (tertiary/aromatic N) is 2. The van der Waals surface area contributed by atoms with Gasteiger partial charge in [0.15, 0.2) is 0 Å². The van der Waals surface area contributed by atoms with Crippen LogP contribution in [0.4, 0.5) is 5.69 Å². The van der Waals surface area contributed by atoms with Crippen molar-refractivity contribution in [3.05, 3.63) is 52.7 Å². The lowest BCUT2D eigenvalue weighted by Crippen LogP contribution is -2.48. The Hall–Kier alpha value is -2.34. The molecule has 0 bridgehead atoms. The highest BCUT2D eigenvalue weighted by Crippen LogP contribution is 2.16. The van der Waals surface area contributed by atoms with Gasteiger partial charge in [0.05, 0.1) is 0 Å². The number of anilines is 1. The molecule has 2 aromatic rings. The summed E-state index contributed by atoms with van der Waals surface area (Å²) in [5.41, 5.74) is 1.90. The first-order valence-corrected chi connectivity index (χ1v) is 9.56. The van der Waals surface area contributed by atoms with E-state index in [4.69, 9.17) is 0 Å². The Labute approximate surface area is 152 Å². The van der Waals surface area contributed by atoms with E-state index in [0.29, 0.717) is 24.9 Å². The molecular weight excluding hydrogens is 334 g/mol. The zero-order valence-electron chi connectivity index (χ0n) is 14.2. The van der Waals surface area contributed by atoms with Crippen molar-refractivity contribution >= 4 is 28.8 Å². The average Bonchev–Trinajstić information content (AvgIpc) is 3.21. The number of piperazine rings is 1. The monoisotopic (exact) mass is 357 g/mol. The number of hydrogen-bond acceptors (Lipinski definition) is 4. The van der Waals surface area contributed by atoms with E-state index in [9.17, 15) is 9.59 Å². The van der Waals surface area contributed by atoms with Crippen molar-refractivity contribution in [1.29, 1.82) is 0 Å². The largest absolute Gasteiger partial charge is 0.368 e. The summed E-state index contributed by atoms with van der Waals surface area (Å²) in [6.07, 6.45) is 1.16. The van der Waals surface area contributed by atoms with Crippen molar-refractivity contribution in [3.63, 3.8) is 0 Å². The summed E-state index contributed by atoms with van der Waals surface area (Å²) in [7, 11) is 0. The normalized spacial score (nSPS) is 14.4. The number of nitrogens with one attached hydrogen (secondary N) is 1. The quantitative estimate of drug-likeness (QED) is 0.809. The van der Waals surface area contributed by atoms with Crippen LogP contribution in [0.3, 0.4) is 0 Å². The van der Waals surface area contributed by atoms with Crippen LogP contribution in [0, 0.1) is 0 Å². The number of rotatable bonds is 6. The van der Waals surface area contributed by atoms with Gasteiger partial charge in [-0.3, -0.25) is 9.59 Å². The molecule has 0 atom stereocenters. The van der Waals surface area contributed by atoms with Gasteiger partial charge in [-0.05, 0) is 30.0 Å². The van der Waals surface area contributed by atoms with Crippen LogP contribution < -0.4 is 10.2 Å². The molecule has 0 radical (unpaired) electrons. The maximum absolute atomic E-state index is 12.3. The zero-order chi connectivity index (χ0) is 17.5. The van der Waals surface area contributed by atoms with E-state index >= 15 is 0 Å². The maximum Gasteiger partial charge on any atom is 0.252 e. The number of carbonyl (C=O) groups is 2. The fraction of sp³-hybridized carbons (Fsp3) is 0.368. The molecule has 0 aliphatic carbocycles. The average molecular weight is 357 g/mol. The molecule has 1 N–H and O–H groups in total. The van der Waals surface area contributed by atoms with Crippen molar-refractivity contribution in [2.24, 2.45) is 0 Å². The summed E-state index contributed by atoms with van der Waals surface area (Å²) >= 11 is 1.50. The highest BCUT2D eigenvalue weighted by molar-refractivity contribution is 7.08. The van der Waals surface area contributed by atoms with Crippen LogP contribution in [-0.4, -0.2) is 49.4 Å². The Bertz CT molecular complexity index is 680. The smallest absolute Gasteiger partial charge is 0.252 e. The third kappa shape index (κ3) is 4.82. The lowest BCUT2D eigenvalue weighted by Gasteiger charge is -2.36. The third-order valence-electron chi connectivity index (χ3n) is 4.39. The molecule has 1 aliphatic rings. The molecule has 0 unspecified atom stereocenters. The Kier molecular flexibility index (Phi) is 6.06. The van der Waals surface area contributed by atoms with Crippen LogP contribution in [-0.2, 0) is 4.79 Å². The van der Waals surface area contributed by atoms with Crippen LogP contribution in [0.15, 0.2) is 47.2 Å². The first kappa shape index (κ1) is 17.5. The fourth-order valence-electron chi connectivity index (χ4n) is 2.95. The number of thiophene rings is 1. The van der Waals surface area contributed by atoms with E-state index in [-0.39, 0.29) is 11.8 Å². The molecule has 2 amide bonds. The number of carbonyl (C=O) groups excluding carboxylic acids is 2. The Morgan fingerprint density at radius 2 is 1.80 bits per heavy atom. The van der Waals surface area contributed by atoms with E-state index in [1.165, 1.54) is 17.0 Å². The fourth-order valence-corrected chi connectivity index (χ4v) is 3.58. The van der Waals surface area contributed by atoms with Crippen molar-refractivity contribution in [1.82, 2.24) is 10.2 Å². The zero-order valence-corrected chi connectivity index (χ0v) is 15.0. The highest BCUT2D eigenvalue weighted by atomic mass is 32.1. The minimum Gasteiger partial charge on any atom is -0.368 e. The second-order valence-corrected chi connectivity index (χ2v) is 6.85. The van der Waals surface area contributed by atoms with E-state index < -0.39 is 0 Å².